The molecule has 2 unspecified atom stereocenters. The summed E-state index contributed by atoms with van der Waals surface area (Å²) in [5.74, 6) is -1.24. The maximum Gasteiger partial charge on any atom is 0.326 e. The predicted octanol–water partition coefficient (Wildman–Crippen LogP) is 2.34. The highest BCUT2D eigenvalue weighted by molar-refractivity contribution is 7.12. The van der Waals surface area contributed by atoms with Crippen LogP contribution in [0.25, 0.3) is 0 Å². The van der Waals surface area contributed by atoms with Crippen molar-refractivity contribution in [2.75, 3.05) is 6.54 Å². The van der Waals surface area contributed by atoms with Gasteiger partial charge < -0.3 is 10.0 Å². The average molecular weight is 274 g/mol. The minimum absolute atomic E-state index is 0.0183. The number of nitrogens with zero attached hydrogens (tertiary/aromatic N) is 1. The number of carbonyl (C=O) groups excluding carboxylic acids is 1. The van der Waals surface area contributed by atoms with Gasteiger partial charge in [0.1, 0.15) is 10.9 Å². The Balaban J connectivity index is 2.26. The molecule has 6 heteroatoms. The van der Waals surface area contributed by atoms with Crippen LogP contribution in [0.4, 0.5) is 0 Å². The van der Waals surface area contributed by atoms with E-state index in [-0.39, 0.29) is 11.8 Å². The molecule has 1 saturated heterocycles. The van der Waals surface area contributed by atoms with E-state index in [1.165, 1.54) is 16.2 Å². The first-order chi connectivity index (χ1) is 8.02. The van der Waals surface area contributed by atoms with Crippen molar-refractivity contribution >= 4 is 34.8 Å². The summed E-state index contributed by atoms with van der Waals surface area (Å²) < 4.78 is 0. The topological polar surface area (TPSA) is 57.6 Å². The van der Waals surface area contributed by atoms with Crippen LogP contribution in [0.15, 0.2) is 11.4 Å². The molecular weight excluding hydrogens is 262 g/mol. The highest BCUT2D eigenvalue weighted by Crippen LogP contribution is 2.30. The molecule has 1 aromatic heterocycles. The zero-order chi connectivity index (χ0) is 12.6. The molecule has 2 heterocycles. The molecule has 1 aromatic rings. The van der Waals surface area contributed by atoms with Gasteiger partial charge in [0.2, 0.25) is 0 Å². The highest BCUT2D eigenvalue weighted by atomic mass is 35.5. The fourth-order valence-electron chi connectivity index (χ4n) is 2.13. The van der Waals surface area contributed by atoms with Gasteiger partial charge in [0, 0.05) is 6.54 Å². The summed E-state index contributed by atoms with van der Waals surface area (Å²) in [6, 6.07) is 0.912. The van der Waals surface area contributed by atoms with E-state index >= 15 is 0 Å². The third-order valence-corrected chi connectivity index (χ3v) is 4.35. The Morgan fingerprint density at radius 3 is 2.82 bits per heavy atom. The van der Waals surface area contributed by atoms with Crippen molar-refractivity contribution in [2.24, 2.45) is 5.92 Å². The first-order valence-electron chi connectivity index (χ1n) is 5.29. The summed E-state index contributed by atoms with van der Waals surface area (Å²) in [4.78, 5) is 25.2. The van der Waals surface area contributed by atoms with Crippen molar-refractivity contribution in [1.82, 2.24) is 4.90 Å². The Labute approximate surface area is 108 Å². The summed E-state index contributed by atoms with van der Waals surface area (Å²) in [7, 11) is 0. The molecule has 2 atom stereocenters. The van der Waals surface area contributed by atoms with E-state index in [0.29, 0.717) is 22.9 Å². The van der Waals surface area contributed by atoms with Gasteiger partial charge in [-0.2, -0.15) is 0 Å². The Morgan fingerprint density at radius 1 is 1.59 bits per heavy atom. The van der Waals surface area contributed by atoms with Gasteiger partial charge in [0.05, 0.1) is 5.02 Å². The Hall–Kier alpha value is -1.07. The number of amides is 1. The van der Waals surface area contributed by atoms with Gasteiger partial charge in [0.25, 0.3) is 5.91 Å². The fourth-order valence-corrected chi connectivity index (χ4v) is 3.22. The van der Waals surface area contributed by atoms with Gasteiger partial charge in [-0.15, -0.1) is 11.3 Å². The molecule has 0 saturated carbocycles. The number of halogens is 1. The van der Waals surface area contributed by atoms with E-state index in [0.717, 1.165) is 0 Å². The smallest absolute Gasteiger partial charge is 0.326 e. The normalized spacial score (nSPS) is 24.0. The van der Waals surface area contributed by atoms with Crippen molar-refractivity contribution in [2.45, 2.75) is 19.4 Å². The summed E-state index contributed by atoms with van der Waals surface area (Å²) >= 11 is 7.14. The van der Waals surface area contributed by atoms with Crippen molar-refractivity contribution in [1.29, 1.82) is 0 Å². The number of rotatable bonds is 2. The zero-order valence-electron chi connectivity index (χ0n) is 9.22. The Bertz CT molecular complexity index is 459. The van der Waals surface area contributed by atoms with Crippen LogP contribution in [0, 0.1) is 5.92 Å². The lowest BCUT2D eigenvalue weighted by molar-refractivity contribution is -0.142. The molecule has 92 valence electrons. The molecule has 2 rings (SSSR count). The van der Waals surface area contributed by atoms with Crippen molar-refractivity contribution in [3.05, 3.63) is 21.3 Å². The molecule has 0 radical (unpaired) electrons. The second kappa shape index (κ2) is 4.66. The first kappa shape index (κ1) is 12.4. The van der Waals surface area contributed by atoms with Crippen LogP contribution in [-0.4, -0.2) is 34.5 Å². The van der Waals surface area contributed by atoms with Crippen molar-refractivity contribution < 1.29 is 14.7 Å². The highest BCUT2D eigenvalue weighted by Gasteiger charge is 2.40. The van der Waals surface area contributed by atoms with Gasteiger partial charge >= 0.3 is 5.97 Å². The number of aliphatic carboxylic acids is 1. The number of thiophene rings is 1. The van der Waals surface area contributed by atoms with Crippen LogP contribution in [-0.2, 0) is 4.79 Å². The predicted molar refractivity (Wildman–Crippen MR) is 65.6 cm³/mol. The maximum atomic E-state index is 12.2. The van der Waals surface area contributed by atoms with E-state index in [9.17, 15) is 9.59 Å². The van der Waals surface area contributed by atoms with Gasteiger partial charge in [-0.3, -0.25) is 4.79 Å². The average Bonchev–Trinajstić information content (AvgIpc) is 2.83. The number of carboxylic acids is 1. The quantitative estimate of drug-likeness (QED) is 0.900. The number of likely N-dealkylation sites (tertiary alicyclic amines) is 1. The van der Waals surface area contributed by atoms with Gasteiger partial charge in [-0.05, 0) is 23.8 Å². The van der Waals surface area contributed by atoms with Crippen LogP contribution in [0.2, 0.25) is 5.02 Å². The van der Waals surface area contributed by atoms with Gasteiger partial charge in [0.15, 0.2) is 0 Å². The number of hydrogen-bond acceptors (Lipinski definition) is 3. The molecule has 4 nitrogen and oxygen atoms in total. The minimum atomic E-state index is -0.948. The third kappa shape index (κ3) is 2.17. The van der Waals surface area contributed by atoms with Gasteiger partial charge in [-0.25, -0.2) is 4.79 Å². The lowest BCUT2D eigenvalue weighted by Crippen LogP contribution is -2.42. The molecule has 0 aliphatic carbocycles. The van der Waals surface area contributed by atoms with Crippen molar-refractivity contribution in [3.63, 3.8) is 0 Å². The van der Waals surface area contributed by atoms with E-state index in [1.54, 1.807) is 11.4 Å². The maximum absolute atomic E-state index is 12.2. The van der Waals surface area contributed by atoms with E-state index in [4.69, 9.17) is 16.7 Å². The van der Waals surface area contributed by atoms with Crippen LogP contribution >= 0.6 is 22.9 Å². The number of carboxylic acid groups (broad SMARTS) is 1. The van der Waals surface area contributed by atoms with Crippen molar-refractivity contribution in [3.8, 4) is 0 Å². The Kier molecular flexibility index (Phi) is 3.40. The van der Waals surface area contributed by atoms with E-state index in [2.05, 4.69) is 0 Å². The van der Waals surface area contributed by atoms with Crippen LogP contribution in [0.3, 0.4) is 0 Å². The fraction of sp³-hybridized carbons (Fsp3) is 0.455. The summed E-state index contributed by atoms with van der Waals surface area (Å²) in [5, 5.41) is 11.3. The number of hydrogen-bond donors (Lipinski definition) is 1. The Morgan fingerprint density at radius 2 is 2.29 bits per heavy atom. The lowest BCUT2D eigenvalue weighted by Gasteiger charge is -2.22. The molecular formula is C11H12ClNO3S. The molecule has 1 aliphatic rings. The first-order valence-corrected chi connectivity index (χ1v) is 6.55. The van der Waals surface area contributed by atoms with Crippen LogP contribution in [0.1, 0.15) is 23.0 Å². The molecule has 1 fully saturated rings. The molecule has 0 bridgehead atoms. The minimum Gasteiger partial charge on any atom is -0.480 e. The summed E-state index contributed by atoms with van der Waals surface area (Å²) in [5.41, 5.74) is 0. The van der Waals surface area contributed by atoms with E-state index < -0.39 is 12.0 Å². The second-order valence-electron chi connectivity index (χ2n) is 4.15. The monoisotopic (exact) mass is 273 g/mol. The molecule has 1 aliphatic heterocycles. The van der Waals surface area contributed by atoms with E-state index in [1.807, 2.05) is 6.92 Å². The number of carbonyl (C=O) groups is 2. The third-order valence-electron chi connectivity index (χ3n) is 3.03. The van der Waals surface area contributed by atoms with Gasteiger partial charge in [-0.1, -0.05) is 18.5 Å². The molecule has 17 heavy (non-hydrogen) atoms. The SMILES string of the molecule is CC1CCN(C(=O)c2sccc2Cl)C1C(=O)O. The second-order valence-corrected chi connectivity index (χ2v) is 5.47. The molecule has 1 amide bonds. The zero-order valence-corrected chi connectivity index (χ0v) is 10.8. The molecule has 0 spiro atoms. The van der Waals surface area contributed by atoms with Crippen LogP contribution in [0.5, 0.6) is 0 Å². The molecule has 0 aromatic carbocycles. The largest absolute Gasteiger partial charge is 0.480 e. The lowest BCUT2D eigenvalue weighted by atomic mass is 10.0. The summed E-state index contributed by atoms with van der Waals surface area (Å²) in [6.07, 6.45) is 0.714. The van der Waals surface area contributed by atoms with Crippen LogP contribution < -0.4 is 0 Å². The summed E-state index contributed by atoms with van der Waals surface area (Å²) in [6.45, 7) is 2.33. The molecule has 1 N–H and O–H groups in total. The standard InChI is InChI=1S/C11H12ClNO3S/c1-6-2-4-13(8(6)11(15)16)10(14)9-7(12)3-5-17-9/h3,5-6,8H,2,4H2,1H3,(H,15,16).